The first kappa shape index (κ1) is 12.4. The Labute approximate surface area is 110 Å². The van der Waals surface area contributed by atoms with Gasteiger partial charge in [-0.05, 0) is 37.5 Å². The van der Waals surface area contributed by atoms with Crippen molar-refractivity contribution in [2.45, 2.75) is 31.8 Å². The first-order chi connectivity index (χ1) is 9.24. The van der Waals surface area contributed by atoms with Crippen LogP contribution in [-0.4, -0.2) is 23.5 Å². The van der Waals surface area contributed by atoms with Crippen LogP contribution in [0.1, 0.15) is 36.0 Å². The number of aromatic nitrogens is 1. The van der Waals surface area contributed by atoms with Gasteiger partial charge in [-0.1, -0.05) is 0 Å². The van der Waals surface area contributed by atoms with Gasteiger partial charge < -0.3 is 9.72 Å². The number of ketones is 1. The van der Waals surface area contributed by atoms with Gasteiger partial charge in [0.2, 0.25) is 0 Å². The Morgan fingerprint density at radius 1 is 1.47 bits per heavy atom. The number of fused-ring (bicyclic) bond motifs is 1. The second-order valence-corrected chi connectivity index (χ2v) is 4.99. The Balaban J connectivity index is 1.75. The molecule has 0 spiro atoms. The summed E-state index contributed by atoms with van der Waals surface area (Å²) in [6.07, 6.45) is 5.20. The highest BCUT2D eigenvalue weighted by Gasteiger charge is 2.18. The Morgan fingerprint density at radius 2 is 2.37 bits per heavy atom. The maximum atomic E-state index is 13.2. The Kier molecular flexibility index (Phi) is 3.34. The van der Waals surface area contributed by atoms with Crippen LogP contribution in [0.25, 0.3) is 10.9 Å². The molecule has 4 heteroatoms. The molecule has 0 aliphatic carbocycles. The third kappa shape index (κ3) is 2.54. The fourth-order valence-electron chi connectivity index (χ4n) is 2.62. The minimum Gasteiger partial charge on any atom is -0.378 e. The van der Waals surface area contributed by atoms with Crippen molar-refractivity contribution in [3.8, 4) is 0 Å². The number of H-pyrrole nitrogens is 1. The maximum absolute atomic E-state index is 13.2. The number of carbonyl (C=O) groups is 1. The van der Waals surface area contributed by atoms with E-state index in [4.69, 9.17) is 4.74 Å². The molecule has 1 aromatic heterocycles. The van der Waals surface area contributed by atoms with E-state index in [2.05, 4.69) is 4.98 Å². The summed E-state index contributed by atoms with van der Waals surface area (Å²) in [5.74, 6) is -0.271. The SMILES string of the molecule is O=C(CCC1CCCO1)c1c[nH]c2ccc(F)cc12. The lowest BCUT2D eigenvalue weighted by Crippen LogP contribution is -2.08. The number of nitrogens with one attached hydrogen (secondary N) is 1. The van der Waals surface area contributed by atoms with Crippen molar-refractivity contribution in [3.63, 3.8) is 0 Å². The standard InChI is InChI=1S/C15H16FNO2/c16-10-3-5-14-12(8-10)13(9-17-14)15(18)6-4-11-2-1-7-19-11/h3,5,8-9,11,17H,1-2,4,6-7H2. The van der Waals surface area contributed by atoms with E-state index in [1.807, 2.05) is 0 Å². The summed E-state index contributed by atoms with van der Waals surface area (Å²) < 4.78 is 18.8. The Morgan fingerprint density at radius 3 is 3.16 bits per heavy atom. The van der Waals surface area contributed by atoms with Crippen molar-refractivity contribution in [1.29, 1.82) is 0 Å². The fourth-order valence-corrected chi connectivity index (χ4v) is 2.62. The molecule has 2 heterocycles. The largest absolute Gasteiger partial charge is 0.378 e. The summed E-state index contributed by atoms with van der Waals surface area (Å²) >= 11 is 0. The van der Waals surface area contributed by atoms with E-state index in [0.29, 0.717) is 17.4 Å². The van der Waals surface area contributed by atoms with Gasteiger partial charge in [-0.2, -0.15) is 0 Å². The van der Waals surface area contributed by atoms with Gasteiger partial charge in [0, 0.05) is 35.7 Å². The molecule has 0 amide bonds. The van der Waals surface area contributed by atoms with Crippen molar-refractivity contribution in [2.75, 3.05) is 6.61 Å². The number of hydrogen-bond donors (Lipinski definition) is 1. The number of hydrogen-bond acceptors (Lipinski definition) is 2. The van der Waals surface area contributed by atoms with E-state index in [1.54, 1.807) is 12.3 Å². The second kappa shape index (κ2) is 5.13. The van der Waals surface area contributed by atoms with E-state index in [9.17, 15) is 9.18 Å². The van der Waals surface area contributed by atoms with E-state index in [-0.39, 0.29) is 17.7 Å². The van der Waals surface area contributed by atoms with Crippen LogP contribution < -0.4 is 0 Å². The average molecular weight is 261 g/mol. The van der Waals surface area contributed by atoms with E-state index in [0.717, 1.165) is 31.4 Å². The molecule has 3 rings (SSSR count). The van der Waals surface area contributed by atoms with Crippen LogP contribution in [0.2, 0.25) is 0 Å². The van der Waals surface area contributed by atoms with Crippen LogP contribution in [-0.2, 0) is 4.74 Å². The number of Topliss-reactive ketones (excluding diaryl/α,β-unsaturated/α-hetero) is 1. The van der Waals surface area contributed by atoms with Gasteiger partial charge in [-0.3, -0.25) is 4.79 Å². The molecule has 0 bridgehead atoms. The molecule has 100 valence electrons. The molecule has 2 aromatic rings. The molecular weight excluding hydrogens is 245 g/mol. The molecule has 1 aliphatic heterocycles. The molecule has 1 fully saturated rings. The summed E-state index contributed by atoms with van der Waals surface area (Å²) in [6.45, 7) is 0.803. The van der Waals surface area contributed by atoms with Crippen molar-refractivity contribution in [3.05, 3.63) is 35.8 Å². The van der Waals surface area contributed by atoms with Crippen molar-refractivity contribution in [2.24, 2.45) is 0 Å². The monoisotopic (exact) mass is 261 g/mol. The quantitative estimate of drug-likeness (QED) is 0.856. The zero-order valence-corrected chi connectivity index (χ0v) is 10.6. The van der Waals surface area contributed by atoms with Crippen molar-refractivity contribution < 1.29 is 13.9 Å². The minimum absolute atomic E-state index is 0.0485. The highest BCUT2D eigenvalue weighted by molar-refractivity contribution is 6.07. The average Bonchev–Trinajstić information content (AvgIpc) is 3.04. The number of rotatable bonds is 4. The number of ether oxygens (including phenoxy) is 1. The summed E-state index contributed by atoms with van der Waals surface area (Å²) in [5.41, 5.74) is 1.37. The highest BCUT2D eigenvalue weighted by Crippen LogP contribution is 2.23. The van der Waals surface area contributed by atoms with Gasteiger partial charge in [0.15, 0.2) is 5.78 Å². The van der Waals surface area contributed by atoms with Gasteiger partial charge in [0.05, 0.1) is 6.10 Å². The molecule has 1 atom stereocenters. The number of aromatic amines is 1. The number of halogens is 1. The zero-order chi connectivity index (χ0) is 13.2. The molecule has 1 saturated heterocycles. The smallest absolute Gasteiger partial charge is 0.165 e. The van der Waals surface area contributed by atoms with E-state index >= 15 is 0 Å². The Bertz CT molecular complexity index is 599. The molecule has 1 N–H and O–H groups in total. The first-order valence-corrected chi connectivity index (χ1v) is 6.65. The lowest BCUT2D eigenvalue weighted by Gasteiger charge is -2.07. The number of benzene rings is 1. The number of carbonyl (C=O) groups excluding carboxylic acids is 1. The van der Waals surface area contributed by atoms with Crippen molar-refractivity contribution >= 4 is 16.7 Å². The summed E-state index contributed by atoms with van der Waals surface area (Å²) in [7, 11) is 0. The normalized spacial score (nSPS) is 19.1. The van der Waals surface area contributed by atoms with Gasteiger partial charge >= 0.3 is 0 Å². The molecule has 0 saturated carbocycles. The first-order valence-electron chi connectivity index (χ1n) is 6.65. The minimum atomic E-state index is -0.319. The van der Waals surface area contributed by atoms with Gasteiger partial charge in [0.25, 0.3) is 0 Å². The predicted molar refractivity (Wildman–Crippen MR) is 70.8 cm³/mol. The molecule has 0 radical (unpaired) electrons. The summed E-state index contributed by atoms with van der Waals surface area (Å²) in [4.78, 5) is 15.2. The summed E-state index contributed by atoms with van der Waals surface area (Å²) in [5, 5.41) is 0.664. The topological polar surface area (TPSA) is 42.1 Å². The molecular formula is C15H16FNO2. The molecule has 19 heavy (non-hydrogen) atoms. The molecule has 3 nitrogen and oxygen atoms in total. The van der Waals surface area contributed by atoms with Crippen LogP contribution in [0.15, 0.2) is 24.4 Å². The maximum Gasteiger partial charge on any atom is 0.165 e. The zero-order valence-electron chi connectivity index (χ0n) is 10.6. The second-order valence-electron chi connectivity index (χ2n) is 4.99. The summed E-state index contributed by atoms with van der Waals surface area (Å²) in [6, 6.07) is 4.45. The molecule has 1 aliphatic rings. The molecule has 1 aromatic carbocycles. The third-order valence-corrected chi connectivity index (χ3v) is 3.66. The lowest BCUT2D eigenvalue weighted by atomic mass is 10.0. The van der Waals surface area contributed by atoms with Crippen molar-refractivity contribution in [1.82, 2.24) is 4.98 Å². The lowest BCUT2D eigenvalue weighted by molar-refractivity contribution is 0.0860. The highest BCUT2D eigenvalue weighted by atomic mass is 19.1. The fraction of sp³-hybridized carbons (Fsp3) is 0.400. The van der Waals surface area contributed by atoms with Crippen LogP contribution >= 0.6 is 0 Å². The third-order valence-electron chi connectivity index (χ3n) is 3.66. The molecule has 1 unspecified atom stereocenters. The van der Waals surface area contributed by atoms with E-state index < -0.39 is 0 Å². The van der Waals surface area contributed by atoms with Crippen LogP contribution in [0.4, 0.5) is 4.39 Å². The van der Waals surface area contributed by atoms with Crippen LogP contribution in [0.5, 0.6) is 0 Å². The van der Waals surface area contributed by atoms with Crippen LogP contribution in [0, 0.1) is 5.82 Å². The Hall–Kier alpha value is -1.68. The van der Waals surface area contributed by atoms with Crippen LogP contribution in [0.3, 0.4) is 0 Å². The van der Waals surface area contributed by atoms with Gasteiger partial charge in [-0.25, -0.2) is 4.39 Å². The van der Waals surface area contributed by atoms with Gasteiger partial charge in [-0.15, -0.1) is 0 Å². The van der Waals surface area contributed by atoms with Gasteiger partial charge in [0.1, 0.15) is 5.82 Å². The predicted octanol–water partition coefficient (Wildman–Crippen LogP) is 3.45. The van der Waals surface area contributed by atoms with E-state index in [1.165, 1.54) is 12.1 Å².